The number of carbonyl (C=O) groups excluding carboxylic acids is 2. The van der Waals surface area contributed by atoms with Gasteiger partial charge in [-0.25, -0.2) is 18.7 Å². The summed E-state index contributed by atoms with van der Waals surface area (Å²) in [5.74, 6) is 0.169. The van der Waals surface area contributed by atoms with Gasteiger partial charge >= 0.3 is 6.16 Å². The second-order valence-corrected chi connectivity index (χ2v) is 15.2. The predicted octanol–water partition coefficient (Wildman–Crippen LogP) is 3.23. The van der Waals surface area contributed by atoms with E-state index >= 15 is 0 Å². The first kappa shape index (κ1) is 26.7. The Hall–Kier alpha value is -2.93. The van der Waals surface area contributed by atoms with Gasteiger partial charge in [-0.3, -0.25) is 4.79 Å². The summed E-state index contributed by atoms with van der Waals surface area (Å²) in [7, 11) is -4.70. The molecule has 0 unspecified atom stereocenters. The number of ether oxygens (including phenoxy) is 3. The predicted molar refractivity (Wildman–Crippen MR) is 130 cm³/mol. The minimum atomic E-state index is -4.08. The number of nitrogens with zero attached hydrogens (tertiary/aromatic N) is 1. The van der Waals surface area contributed by atoms with Crippen LogP contribution < -0.4 is 15.0 Å². The molecule has 1 heterocycles. The van der Waals surface area contributed by atoms with Crippen LogP contribution in [0.1, 0.15) is 18.1 Å². The van der Waals surface area contributed by atoms with E-state index in [-0.39, 0.29) is 30.2 Å². The molecule has 1 atom stereocenters. The molecule has 2 aromatic rings. The Labute approximate surface area is 206 Å². The standard InChI is InChI=1S/C23H30N2O8SSi/c1-6-31-23(27)32-19-8-7-16-14-21(22(26)24-33-35(3,4)5)25(15-17(16)13-19)34(28,29)20-11-9-18(30-2)10-12-20/h7-13,21H,6,14-15H2,1-5H3,(H,24,26)/t21-/m1/s1. The van der Waals surface area contributed by atoms with Gasteiger partial charge in [0.25, 0.3) is 5.91 Å². The van der Waals surface area contributed by atoms with Gasteiger partial charge in [0, 0.05) is 6.54 Å². The zero-order valence-electron chi connectivity index (χ0n) is 20.4. The summed E-state index contributed by atoms with van der Waals surface area (Å²) in [5.41, 5.74) is 3.83. The third-order valence-electron chi connectivity index (χ3n) is 5.15. The van der Waals surface area contributed by atoms with E-state index in [4.69, 9.17) is 18.7 Å². The fourth-order valence-electron chi connectivity index (χ4n) is 3.47. The summed E-state index contributed by atoms with van der Waals surface area (Å²) < 4.78 is 49.0. The van der Waals surface area contributed by atoms with Gasteiger partial charge in [0.15, 0.2) is 0 Å². The molecule has 0 aliphatic carbocycles. The lowest BCUT2D eigenvalue weighted by Crippen LogP contribution is -2.53. The van der Waals surface area contributed by atoms with Crippen molar-refractivity contribution in [3.05, 3.63) is 53.6 Å². The molecule has 1 N–H and O–H groups in total. The first-order valence-corrected chi connectivity index (χ1v) is 15.9. The van der Waals surface area contributed by atoms with Crippen molar-refractivity contribution in [2.24, 2.45) is 0 Å². The third kappa shape index (κ3) is 6.60. The van der Waals surface area contributed by atoms with Gasteiger partial charge in [-0.05, 0) is 80.5 Å². The highest BCUT2D eigenvalue weighted by Gasteiger charge is 2.40. The number of hydroxylamine groups is 1. The maximum atomic E-state index is 13.6. The van der Waals surface area contributed by atoms with Gasteiger partial charge in [0.05, 0.1) is 18.6 Å². The zero-order chi connectivity index (χ0) is 25.8. The van der Waals surface area contributed by atoms with Crippen LogP contribution in [0.4, 0.5) is 4.79 Å². The molecule has 1 aliphatic rings. The van der Waals surface area contributed by atoms with Crippen LogP contribution in [0.15, 0.2) is 47.4 Å². The Balaban J connectivity index is 1.97. The van der Waals surface area contributed by atoms with Gasteiger partial charge in [-0.2, -0.15) is 4.31 Å². The molecule has 3 rings (SSSR count). The van der Waals surface area contributed by atoms with Crippen molar-refractivity contribution in [2.45, 2.75) is 50.5 Å². The highest BCUT2D eigenvalue weighted by Crippen LogP contribution is 2.32. The van der Waals surface area contributed by atoms with E-state index in [1.807, 2.05) is 19.6 Å². The Bertz CT molecular complexity index is 1180. The number of methoxy groups -OCH3 is 1. The van der Waals surface area contributed by atoms with E-state index in [9.17, 15) is 18.0 Å². The van der Waals surface area contributed by atoms with Crippen LogP contribution in [0.5, 0.6) is 11.5 Å². The average molecular weight is 523 g/mol. The summed E-state index contributed by atoms with van der Waals surface area (Å²) in [5, 5.41) is 0. The lowest BCUT2D eigenvalue weighted by Gasteiger charge is -2.35. The topological polar surface area (TPSA) is 120 Å². The highest BCUT2D eigenvalue weighted by atomic mass is 32.2. The summed E-state index contributed by atoms with van der Waals surface area (Å²) in [4.78, 5) is 24.8. The van der Waals surface area contributed by atoms with Crippen molar-refractivity contribution in [1.29, 1.82) is 0 Å². The van der Waals surface area contributed by atoms with Crippen molar-refractivity contribution in [2.75, 3.05) is 13.7 Å². The van der Waals surface area contributed by atoms with Crippen LogP contribution in [0, 0.1) is 0 Å². The fraction of sp³-hybridized carbons (Fsp3) is 0.391. The van der Waals surface area contributed by atoms with Crippen LogP contribution in [-0.4, -0.2) is 52.9 Å². The summed E-state index contributed by atoms with van der Waals surface area (Å²) >= 11 is 0. The Morgan fingerprint density at radius 3 is 2.31 bits per heavy atom. The van der Waals surface area contributed by atoms with Gasteiger partial charge in [0.2, 0.25) is 18.3 Å². The van der Waals surface area contributed by atoms with Crippen molar-refractivity contribution < 1.29 is 36.7 Å². The quantitative estimate of drug-likeness (QED) is 0.243. The van der Waals surface area contributed by atoms with Crippen molar-refractivity contribution in [1.82, 2.24) is 9.79 Å². The first-order chi connectivity index (χ1) is 16.4. The minimum absolute atomic E-state index is 0.0181. The molecule has 0 fully saturated rings. The zero-order valence-corrected chi connectivity index (χ0v) is 22.2. The van der Waals surface area contributed by atoms with Crippen LogP contribution in [0.25, 0.3) is 0 Å². The molecule has 0 radical (unpaired) electrons. The highest BCUT2D eigenvalue weighted by molar-refractivity contribution is 7.89. The minimum Gasteiger partial charge on any atom is -0.497 e. The smallest absolute Gasteiger partial charge is 0.497 e. The second-order valence-electron chi connectivity index (χ2n) is 8.84. The molecule has 190 valence electrons. The second kappa shape index (κ2) is 10.8. The van der Waals surface area contributed by atoms with Gasteiger partial charge in [-0.1, -0.05) is 6.07 Å². The van der Waals surface area contributed by atoms with E-state index < -0.39 is 36.4 Å². The molecule has 1 amide bonds. The van der Waals surface area contributed by atoms with Crippen LogP contribution in [-0.2, 0) is 37.0 Å². The number of fused-ring (bicyclic) bond motifs is 1. The van der Waals surface area contributed by atoms with Crippen LogP contribution in [0.3, 0.4) is 0 Å². The summed E-state index contributed by atoms with van der Waals surface area (Å²) in [6.07, 6.45) is -0.739. The number of sulfonamides is 1. The van der Waals surface area contributed by atoms with Gasteiger partial charge < -0.3 is 18.7 Å². The molecule has 0 saturated carbocycles. The average Bonchev–Trinajstić information content (AvgIpc) is 2.81. The number of amides is 1. The number of nitrogens with one attached hydrogen (secondary N) is 1. The van der Waals surface area contributed by atoms with E-state index in [0.29, 0.717) is 11.3 Å². The molecule has 2 aromatic carbocycles. The maximum absolute atomic E-state index is 13.6. The van der Waals surface area contributed by atoms with Crippen LogP contribution in [0.2, 0.25) is 19.6 Å². The largest absolute Gasteiger partial charge is 0.513 e. The SMILES string of the molecule is CCOC(=O)Oc1ccc2c(c1)CN(S(=O)(=O)c1ccc(OC)cc1)[C@@H](C(=O)NO[Si](C)(C)C)C2. The molecule has 10 nitrogen and oxygen atoms in total. The van der Waals surface area contributed by atoms with Crippen molar-refractivity contribution in [3.8, 4) is 11.5 Å². The number of hydrogen-bond donors (Lipinski definition) is 1. The number of carbonyl (C=O) groups is 2. The molecular formula is C23H30N2O8SSi. The van der Waals surface area contributed by atoms with E-state index in [1.54, 1.807) is 37.3 Å². The normalized spacial score (nSPS) is 16.2. The van der Waals surface area contributed by atoms with Crippen molar-refractivity contribution >= 4 is 30.4 Å². The van der Waals surface area contributed by atoms with E-state index in [2.05, 4.69) is 5.48 Å². The molecule has 0 aromatic heterocycles. The molecule has 0 bridgehead atoms. The molecule has 35 heavy (non-hydrogen) atoms. The lowest BCUT2D eigenvalue weighted by atomic mass is 9.95. The van der Waals surface area contributed by atoms with Crippen LogP contribution >= 0.6 is 0 Å². The van der Waals surface area contributed by atoms with Gasteiger partial charge in [0.1, 0.15) is 17.5 Å². The molecular weight excluding hydrogens is 492 g/mol. The van der Waals surface area contributed by atoms with Gasteiger partial charge in [-0.15, -0.1) is 0 Å². The number of benzene rings is 2. The number of rotatable bonds is 8. The monoisotopic (exact) mass is 522 g/mol. The lowest BCUT2D eigenvalue weighted by molar-refractivity contribution is -0.132. The molecule has 1 aliphatic heterocycles. The van der Waals surface area contributed by atoms with E-state index in [1.165, 1.54) is 19.2 Å². The summed E-state index contributed by atoms with van der Waals surface area (Å²) in [6, 6.07) is 9.77. The number of hydrogen-bond acceptors (Lipinski definition) is 8. The first-order valence-electron chi connectivity index (χ1n) is 11.0. The molecule has 12 heteroatoms. The van der Waals surface area contributed by atoms with Crippen molar-refractivity contribution in [3.63, 3.8) is 0 Å². The Morgan fingerprint density at radius 1 is 1.06 bits per heavy atom. The fourth-order valence-corrected chi connectivity index (χ4v) is 5.45. The van der Waals surface area contributed by atoms with E-state index in [0.717, 1.165) is 9.87 Å². The Morgan fingerprint density at radius 2 is 1.71 bits per heavy atom. The Kier molecular flexibility index (Phi) is 8.21. The summed E-state index contributed by atoms with van der Waals surface area (Å²) in [6.45, 7) is 7.43. The third-order valence-corrected chi connectivity index (χ3v) is 7.74. The molecule has 0 spiro atoms. The maximum Gasteiger partial charge on any atom is 0.513 e. The molecule has 0 saturated heterocycles.